The number of hydrogen-bond acceptors (Lipinski definition) is 3. The highest BCUT2D eigenvalue weighted by atomic mass is 19.1. The van der Waals surface area contributed by atoms with E-state index in [0.29, 0.717) is 5.69 Å². The van der Waals surface area contributed by atoms with Gasteiger partial charge in [-0.1, -0.05) is 12.1 Å². The summed E-state index contributed by atoms with van der Waals surface area (Å²) in [5.41, 5.74) is 5.07. The Morgan fingerprint density at radius 1 is 1.22 bits per heavy atom. The minimum atomic E-state index is -0.717. The summed E-state index contributed by atoms with van der Waals surface area (Å²) in [6, 6.07) is 13.1. The Balaban J connectivity index is 1.72. The predicted molar refractivity (Wildman–Crippen MR) is 101 cm³/mol. The summed E-state index contributed by atoms with van der Waals surface area (Å²) >= 11 is 0. The van der Waals surface area contributed by atoms with E-state index in [4.69, 9.17) is 5.26 Å². The zero-order valence-corrected chi connectivity index (χ0v) is 15.4. The number of carbonyl (C=O) groups excluding carboxylic acids is 1. The van der Waals surface area contributed by atoms with Crippen molar-refractivity contribution in [1.29, 1.82) is 5.26 Å². The second-order valence-electron chi connectivity index (χ2n) is 6.41. The Morgan fingerprint density at radius 2 is 1.93 bits per heavy atom. The molecule has 0 atom stereocenters. The minimum absolute atomic E-state index is 0.0975. The maximum Gasteiger partial charge on any atom is 0.258 e. The number of aryl methyl sites for hydroxylation is 2. The first kappa shape index (κ1) is 18.3. The molecule has 0 aliphatic heterocycles. The van der Waals surface area contributed by atoms with Crippen LogP contribution in [0.2, 0.25) is 0 Å². The Bertz CT molecular complexity index is 1050. The molecular weight excluding hydrogens is 343 g/mol. The van der Waals surface area contributed by atoms with Gasteiger partial charge in [0, 0.05) is 30.4 Å². The van der Waals surface area contributed by atoms with Crippen LogP contribution < -0.4 is 5.32 Å². The highest BCUT2D eigenvalue weighted by Gasteiger charge is 2.13. The average molecular weight is 362 g/mol. The number of carbonyl (C=O) groups is 1. The van der Waals surface area contributed by atoms with E-state index in [0.717, 1.165) is 29.4 Å². The first-order valence-corrected chi connectivity index (χ1v) is 8.48. The molecule has 1 aromatic heterocycles. The lowest BCUT2D eigenvalue weighted by molar-refractivity contribution is 0.102. The second kappa shape index (κ2) is 7.42. The Kier molecular flexibility index (Phi) is 5.04. The molecule has 2 aromatic carbocycles. The zero-order valence-electron chi connectivity index (χ0n) is 15.4. The fourth-order valence-electron chi connectivity index (χ4n) is 2.95. The Hall–Kier alpha value is -3.46. The van der Waals surface area contributed by atoms with Crippen molar-refractivity contribution in [2.45, 2.75) is 20.3 Å². The first-order chi connectivity index (χ1) is 12.9. The van der Waals surface area contributed by atoms with Crippen LogP contribution >= 0.6 is 0 Å². The van der Waals surface area contributed by atoms with Crippen molar-refractivity contribution in [3.8, 4) is 6.07 Å². The average Bonchev–Trinajstić information content (AvgIpc) is 2.89. The number of nitriles is 1. The van der Waals surface area contributed by atoms with Crippen LogP contribution in [0.1, 0.15) is 38.4 Å². The van der Waals surface area contributed by atoms with Gasteiger partial charge in [-0.3, -0.25) is 9.48 Å². The number of amides is 1. The lowest BCUT2D eigenvalue weighted by Crippen LogP contribution is -2.13. The van der Waals surface area contributed by atoms with E-state index in [1.54, 1.807) is 12.1 Å². The van der Waals surface area contributed by atoms with Crippen LogP contribution in [0.15, 0.2) is 42.5 Å². The van der Waals surface area contributed by atoms with E-state index in [1.165, 1.54) is 17.7 Å². The number of nitrogens with zero attached hydrogens (tertiary/aromatic N) is 3. The summed E-state index contributed by atoms with van der Waals surface area (Å²) < 4.78 is 15.8. The lowest BCUT2D eigenvalue weighted by Gasteiger charge is -2.08. The molecule has 27 heavy (non-hydrogen) atoms. The summed E-state index contributed by atoms with van der Waals surface area (Å²) in [6.45, 7) is 4.03. The van der Waals surface area contributed by atoms with E-state index >= 15 is 0 Å². The number of rotatable bonds is 4. The van der Waals surface area contributed by atoms with Crippen molar-refractivity contribution >= 4 is 11.6 Å². The van der Waals surface area contributed by atoms with E-state index in [9.17, 15) is 9.18 Å². The second-order valence-corrected chi connectivity index (χ2v) is 6.41. The van der Waals surface area contributed by atoms with Gasteiger partial charge in [0.25, 0.3) is 5.91 Å². The molecule has 3 rings (SSSR count). The molecule has 0 bridgehead atoms. The summed E-state index contributed by atoms with van der Waals surface area (Å²) in [6.07, 6.45) is 0.754. The first-order valence-electron chi connectivity index (χ1n) is 8.48. The SMILES string of the molecule is Cc1nn(C)c(C)c1Cc1ccc(NC(=O)c2ccc(C#N)cc2F)cc1. The standard InChI is InChI=1S/C21H19FN4O/c1-13-19(14(2)26(3)25-13)10-15-4-7-17(8-5-15)24-21(27)18-9-6-16(12-23)11-20(18)22/h4-9,11H,10H2,1-3H3,(H,24,27). The van der Waals surface area contributed by atoms with Crippen LogP contribution in [0.4, 0.5) is 10.1 Å². The van der Waals surface area contributed by atoms with Gasteiger partial charge < -0.3 is 5.32 Å². The molecular formula is C21H19FN4O. The number of anilines is 1. The fraction of sp³-hybridized carbons (Fsp3) is 0.190. The van der Waals surface area contributed by atoms with Gasteiger partial charge in [-0.25, -0.2) is 4.39 Å². The number of nitrogens with one attached hydrogen (secondary N) is 1. The monoisotopic (exact) mass is 362 g/mol. The Labute approximate surface area is 157 Å². The van der Waals surface area contributed by atoms with Gasteiger partial charge in [0.2, 0.25) is 0 Å². The van der Waals surface area contributed by atoms with E-state index in [1.807, 2.05) is 43.8 Å². The molecule has 0 saturated heterocycles. The van der Waals surface area contributed by atoms with Crippen LogP contribution in [0.5, 0.6) is 0 Å². The molecule has 0 spiro atoms. The summed E-state index contributed by atoms with van der Waals surface area (Å²) in [5, 5.41) is 15.9. The van der Waals surface area contributed by atoms with Gasteiger partial charge in [-0.15, -0.1) is 0 Å². The van der Waals surface area contributed by atoms with Crippen molar-refractivity contribution in [2.75, 3.05) is 5.32 Å². The summed E-state index contributed by atoms with van der Waals surface area (Å²) in [4.78, 5) is 12.3. The van der Waals surface area contributed by atoms with Gasteiger partial charge in [-0.05, 0) is 49.7 Å². The fourth-order valence-corrected chi connectivity index (χ4v) is 2.95. The highest BCUT2D eigenvalue weighted by Crippen LogP contribution is 2.19. The highest BCUT2D eigenvalue weighted by molar-refractivity contribution is 6.04. The molecule has 0 fully saturated rings. The number of hydrogen-bond donors (Lipinski definition) is 1. The third kappa shape index (κ3) is 3.87. The van der Waals surface area contributed by atoms with Crippen LogP contribution in [0.25, 0.3) is 0 Å². The van der Waals surface area contributed by atoms with Gasteiger partial charge in [0.05, 0.1) is 22.9 Å². The van der Waals surface area contributed by atoms with Gasteiger partial charge >= 0.3 is 0 Å². The molecule has 1 amide bonds. The van der Waals surface area contributed by atoms with Gasteiger partial charge in [0.1, 0.15) is 5.82 Å². The van der Waals surface area contributed by atoms with Crippen LogP contribution in [-0.2, 0) is 13.5 Å². The number of aromatic nitrogens is 2. The zero-order chi connectivity index (χ0) is 19.6. The van der Waals surface area contributed by atoms with E-state index in [-0.39, 0.29) is 11.1 Å². The molecule has 3 aromatic rings. The van der Waals surface area contributed by atoms with Crippen molar-refractivity contribution in [3.05, 3.63) is 81.9 Å². The molecule has 0 saturated carbocycles. The maximum atomic E-state index is 14.0. The third-order valence-corrected chi connectivity index (χ3v) is 4.59. The minimum Gasteiger partial charge on any atom is -0.322 e. The molecule has 0 aliphatic rings. The van der Waals surface area contributed by atoms with Crippen molar-refractivity contribution in [3.63, 3.8) is 0 Å². The molecule has 5 nitrogen and oxygen atoms in total. The molecule has 1 N–H and O–H groups in total. The van der Waals surface area contributed by atoms with Crippen LogP contribution in [-0.4, -0.2) is 15.7 Å². The third-order valence-electron chi connectivity index (χ3n) is 4.59. The lowest BCUT2D eigenvalue weighted by atomic mass is 10.0. The quantitative estimate of drug-likeness (QED) is 0.765. The van der Waals surface area contributed by atoms with Crippen LogP contribution in [0, 0.1) is 31.0 Å². The smallest absolute Gasteiger partial charge is 0.258 e. The molecule has 136 valence electrons. The van der Waals surface area contributed by atoms with Gasteiger partial charge in [-0.2, -0.15) is 10.4 Å². The number of halogens is 1. The Morgan fingerprint density at radius 3 is 2.48 bits per heavy atom. The summed E-state index contributed by atoms with van der Waals surface area (Å²) in [5.74, 6) is -1.27. The largest absolute Gasteiger partial charge is 0.322 e. The van der Waals surface area contributed by atoms with Crippen LogP contribution in [0.3, 0.4) is 0 Å². The molecule has 0 radical (unpaired) electrons. The van der Waals surface area contributed by atoms with E-state index in [2.05, 4.69) is 10.4 Å². The topological polar surface area (TPSA) is 70.7 Å². The number of benzene rings is 2. The van der Waals surface area contributed by atoms with Crippen molar-refractivity contribution in [1.82, 2.24) is 9.78 Å². The maximum absolute atomic E-state index is 14.0. The predicted octanol–water partition coefficient (Wildman–Crippen LogP) is 3.89. The molecule has 6 heteroatoms. The van der Waals surface area contributed by atoms with Gasteiger partial charge in [0.15, 0.2) is 0 Å². The summed E-state index contributed by atoms with van der Waals surface area (Å²) in [7, 11) is 1.92. The van der Waals surface area contributed by atoms with Crippen molar-refractivity contribution < 1.29 is 9.18 Å². The molecule has 0 unspecified atom stereocenters. The van der Waals surface area contributed by atoms with E-state index < -0.39 is 11.7 Å². The molecule has 0 aliphatic carbocycles. The normalized spacial score (nSPS) is 10.5. The molecule has 1 heterocycles. The van der Waals surface area contributed by atoms with Crippen molar-refractivity contribution in [2.24, 2.45) is 7.05 Å².